The van der Waals surface area contributed by atoms with Crippen LogP contribution in [0.25, 0.3) is 0 Å². The zero-order valence-corrected chi connectivity index (χ0v) is 16.0. The molecule has 27 heavy (non-hydrogen) atoms. The molecule has 1 aliphatic rings. The van der Waals surface area contributed by atoms with Crippen molar-refractivity contribution in [3.8, 4) is 5.75 Å². The predicted octanol–water partition coefficient (Wildman–Crippen LogP) is 2.66. The molecule has 0 bridgehead atoms. The van der Waals surface area contributed by atoms with Crippen molar-refractivity contribution in [3.63, 3.8) is 0 Å². The Kier molecular flexibility index (Phi) is 6.08. The number of benzene rings is 1. The van der Waals surface area contributed by atoms with Gasteiger partial charge in [0.1, 0.15) is 10.6 Å². The lowest BCUT2D eigenvalue weighted by atomic mass is 10.2. The number of hydrogen-bond acceptors (Lipinski definition) is 5. The van der Waals surface area contributed by atoms with Crippen LogP contribution in [0, 0.1) is 0 Å². The summed E-state index contributed by atoms with van der Waals surface area (Å²) >= 11 is 0. The summed E-state index contributed by atoms with van der Waals surface area (Å²) in [4.78, 5) is 16.1. The minimum Gasteiger partial charge on any atom is -0.490 e. The van der Waals surface area contributed by atoms with Crippen molar-refractivity contribution < 1.29 is 17.9 Å². The maximum atomic E-state index is 12.5. The number of carbonyl (C=O) groups is 1. The number of nitrogens with zero attached hydrogens (tertiary/aromatic N) is 2. The molecule has 0 saturated heterocycles. The van der Waals surface area contributed by atoms with E-state index >= 15 is 0 Å². The minimum atomic E-state index is -3.76. The molecule has 1 heterocycles. The van der Waals surface area contributed by atoms with E-state index in [2.05, 4.69) is 10.3 Å². The standard InChI is InChI=1S/C19H23N3O4S/c1-22(27(24,25)18-10-5-11-20-13-18)14-19(23)21-15-6-4-9-17(12-15)26-16-7-2-3-8-16/h4-6,9-13,16H,2-3,7-8,14H2,1H3,(H,21,23). The Morgan fingerprint density at radius 2 is 2.04 bits per heavy atom. The Labute approximate surface area is 159 Å². The third-order valence-corrected chi connectivity index (χ3v) is 6.22. The summed E-state index contributed by atoms with van der Waals surface area (Å²) in [7, 11) is -2.40. The SMILES string of the molecule is CN(CC(=O)Nc1cccc(OC2CCCC2)c1)S(=O)(=O)c1cccnc1. The number of nitrogens with one attached hydrogen (secondary N) is 1. The van der Waals surface area contributed by atoms with Crippen LogP contribution in [0.3, 0.4) is 0 Å². The molecule has 1 aliphatic carbocycles. The number of pyridine rings is 1. The van der Waals surface area contributed by atoms with Crippen LogP contribution < -0.4 is 10.1 Å². The number of carbonyl (C=O) groups excluding carboxylic acids is 1. The number of aromatic nitrogens is 1. The monoisotopic (exact) mass is 389 g/mol. The van der Waals surface area contributed by atoms with Crippen LogP contribution in [-0.4, -0.2) is 43.3 Å². The van der Waals surface area contributed by atoms with Crippen LogP contribution in [0.2, 0.25) is 0 Å². The van der Waals surface area contributed by atoms with Gasteiger partial charge in [0.05, 0.1) is 12.6 Å². The van der Waals surface area contributed by atoms with Crippen molar-refractivity contribution in [1.82, 2.24) is 9.29 Å². The molecule has 1 aromatic carbocycles. The molecular weight excluding hydrogens is 366 g/mol. The summed E-state index contributed by atoms with van der Waals surface area (Å²) in [5, 5.41) is 2.72. The average molecular weight is 389 g/mol. The maximum absolute atomic E-state index is 12.5. The lowest BCUT2D eigenvalue weighted by molar-refractivity contribution is -0.116. The third-order valence-electron chi connectivity index (χ3n) is 4.43. The first kappa shape index (κ1) is 19.3. The number of rotatable bonds is 7. The van der Waals surface area contributed by atoms with Crippen molar-refractivity contribution in [3.05, 3.63) is 48.8 Å². The second-order valence-corrected chi connectivity index (χ2v) is 8.60. The molecule has 1 saturated carbocycles. The van der Waals surface area contributed by atoms with E-state index < -0.39 is 15.9 Å². The van der Waals surface area contributed by atoms with Gasteiger partial charge in [-0.05, 0) is 49.9 Å². The van der Waals surface area contributed by atoms with Crippen molar-refractivity contribution in [2.24, 2.45) is 0 Å². The largest absolute Gasteiger partial charge is 0.490 e. The zero-order chi connectivity index (χ0) is 19.3. The molecule has 0 radical (unpaired) electrons. The van der Waals surface area contributed by atoms with Gasteiger partial charge in [0.15, 0.2) is 0 Å². The van der Waals surface area contributed by atoms with Gasteiger partial charge in [-0.1, -0.05) is 6.07 Å². The van der Waals surface area contributed by atoms with Gasteiger partial charge in [-0.2, -0.15) is 4.31 Å². The molecule has 0 aliphatic heterocycles. The Balaban J connectivity index is 1.60. The molecular formula is C19H23N3O4S. The fourth-order valence-corrected chi connectivity index (χ4v) is 4.10. The topological polar surface area (TPSA) is 88.6 Å². The molecule has 1 amide bonds. The molecule has 3 rings (SSSR count). The Morgan fingerprint density at radius 1 is 1.26 bits per heavy atom. The molecule has 1 N–H and O–H groups in total. The Bertz CT molecular complexity index is 881. The number of amides is 1. The highest BCUT2D eigenvalue weighted by molar-refractivity contribution is 7.89. The van der Waals surface area contributed by atoms with Gasteiger partial charge in [-0.25, -0.2) is 8.42 Å². The minimum absolute atomic E-state index is 0.0484. The highest BCUT2D eigenvalue weighted by Crippen LogP contribution is 2.25. The van der Waals surface area contributed by atoms with Gasteiger partial charge in [0.2, 0.25) is 15.9 Å². The van der Waals surface area contributed by atoms with Gasteiger partial charge in [0.25, 0.3) is 0 Å². The second kappa shape index (κ2) is 8.49. The Morgan fingerprint density at radius 3 is 2.74 bits per heavy atom. The fraction of sp³-hybridized carbons (Fsp3) is 0.368. The summed E-state index contributed by atoms with van der Waals surface area (Å²) in [5.41, 5.74) is 0.572. The smallest absolute Gasteiger partial charge is 0.244 e. The normalized spacial score (nSPS) is 15.0. The number of likely N-dealkylation sites (N-methyl/N-ethyl adjacent to an activating group) is 1. The molecule has 8 heteroatoms. The van der Waals surface area contributed by atoms with Crippen LogP contribution in [0.1, 0.15) is 25.7 Å². The maximum Gasteiger partial charge on any atom is 0.244 e. The van der Waals surface area contributed by atoms with Gasteiger partial charge in [-0.15, -0.1) is 0 Å². The van der Waals surface area contributed by atoms with Crippen LogP contribution >= 0.6 is 0 Å². The molecule has 2 aromatic rings. The molecule has 0 spiro atoms. The van der Waals surface area contributed by atoms with Gasteiger partial charge in [0, 0.05) is 31.2 Å². The summed E-state index contributed by atoms with van der Waals surface area (Å²) in [6.45, 7) is -0.301. The van der Waals surface area contributed by atoms with E-state index in [4.69, 9.17) is 4.74 Å². The van der Waals surface area contributed by atoms with E-state index in [0.29, 0.717) is 11.4 Å². The first-order chi connectivity index (χ1) is 12.9. The highest BCUT2D eigenvalue weighted by Gasteiger charge is 2.23. The molecule has 0 unspecified atom stereocenters. The molecule has 7 nitrogen and oxygen atoms in total. The summed E-state index contributed by atoms with van der Waals surface area (Å²) in [6, 6.07) is 10.1. The number of hydrogen-bond donors (Lipinski definition) is 1. The predicted molar refractivity (Wildman–Crippen MR) is 102 cm³/mol. The van der Waals surface area contributed by atoms with Crippen molar-refractivity contribution in [1.29, 1.82) is 0 Å². The number of ether oxygens (including phenoxy) is 1. The third kappa shape index (κ3) is 5.05. The van der Waals surface area contributed by atoms with E-state index in [0.717, 1.165) is 17.1 Å². The van der Waals surface area contributed by atoms with E-state index in [1.807, 2.05) is 6.07 Å². The molecule has 144 valence electrons. The van der Waals surface area contributed by atoms with E-state index in [1.54, 1.807) is 18.2 Å². The van der Waals surface area contributed by atoms with Crippen LogP contribution in [0.5, 0.6) is 5.75 Å². The van der Waals surface area contributed by atoms with Gasteiger partial charge in [-0.3, -0.25) is 9.78 Å². The first-order valence-electron chi connectivity index (χ1n) is 8.88. The Hall–Kier alpha value is -2.45. The van der Waals surface area contributed by atoms with Crippen LogP contribution in [-0.2, 0) is 14.8 Å². The zero-order valence-electron chi connectivity index (χ0n) is 15.2. The summed E-state index contributed by atoms with van der Waals surface area (Å²) in [5.74, 6) is 0.277. The van der Waals surface area contributed by atoms with Gasteiger partial charge >= 0.3 is 0 Å². The summed E-state index contributed by atoms with van der Waals surface area (Å²) < 4.78 is 31.8. The average Bonchev–Trinajstić information content (AvgIpc) is 3.15. The van der Waals surface area contributed by atoms with Gasteiger partial charge < -0.3 is 10.1 Å². The quantitative estimate of drug-likeness (QED) is 0.786. The molecule has 1 fully saturated rings. The lowest BCUT2D eigenvalue weighted by Gasteiger charge is -2.17. The number of anilines is 1. The van der Waals surface area contributed by atoms with Crippen LogP contribution in [0.15, 0.2) is 53.7 Å². The lowest BCUT2D eigenvalue weighted by Crippen LogP contribution is -2.35. The fourth-order valence-electron chi connectivity index (χ4n) is 3.01. The highest BCUT2D eigenvalue weighted by atomic mass is 32.2. The van der Waals surface area contributed by atoms with Crippen molar-refractivity contribution >= 4 is 21.6 Å². The first-order valence-corrected chi connectivity index (χ1v) is 10.3. The van der Waals surface area contributed by atoms with E-state index in [9.17, 15) is 13.2 Å². The van der Waals surface area contributed by atoms with Crippen molar-refractivity contribution in [2.75, 3.05) is 18.9 Å². The number of sulfonamides is 1. The van der Waals surface area contributed by atoms with Crippen molar-refractivity contribution in [2.45, 2.75) is 36.7 Å². The van der Waals surface area contributed by atoms with E-state index in [-0.39, 0.29) is 17.5 Å². The van der Waals surface area contributed by atoms with Crippen LogP contribution in [0.4, 0.5) is 5.69 Å². The molecule has 1 aromatic heterocycles. The summed E-state index contributed by atoms with van der Waals surface area (Å²) in [6.07, 6.45) is 7.44. The second-order valence-electron chi connectivity index (χ2n) is 6.55. The molecule has 0 atom stereocenters. The van der Waals surface area contributed by atoms with E-state index in [1.165, 1.54) is 44.4 Å².